The minimum absolute atomic E-state index is 0.0789. The first-order valence-electron chi connectivity index (χ1n) is 7.05. The molecule has 19 heavy (non-hydrogen) atoms. The molecule has 0 spiro atoms. The van der Waals surface area contributed by atoms with E-state index in [2.05, 4.69) is 19.2 Å². The van der Waals surface area contributed by atoms with Crippen molar-refractivity contribution in [1.29, 1.82) is 0 Å². The van der Waals surface area contributed by atoms with Crippen LogP contribution in [0.15, 0.2) is 0 Å². The zero-order chi connectivity index (χ0) is 14.3. The summed E-state index contributed by atoms with van der Waals surface area (Å²) in [5, 5.41) is 12.1. The molecule has 0 aromatic rings. The van der Waals surface area contributed by atoms with Gasteiger partial charge in [0.2, 0.25) is 0 Å². The summed E-state index contributed by atoms with van der Waals surface area (Å²) >= 11 is 0. The first-order valence-corrected chi connectivity index (χ1v) is 7.05. The molecule has 1 saturated heterocycles. The molecule has 1 aliphatic carbocycles. The number of likely N-dealkylation sites (tertiary alicyclic amines) is 1. The van der Waals surface area contributed by atoms with Gasteiger partial charge in [0.1, 0.15) is 5.54 Å². The van der Waals surface area contributed by atoms with E-state index in [9.17, 15) is 14.7 Å². The number of hydrogen-bond acceptors (Lipinski definition) is 2. The first-order chi connectivity index (χ1) is 8.74. The van der Waals surface area contributed by atoms with E-state index in [4.69, 9.17) is 0 Å². The second-order valence-corrected chi connectivity index (χ2v) is 6.86. The molecule has 1 saturated carbocycles. The van der Waals surface area contributed by atoms with Crippen LogP contribution in [0.5, 0.6) is 0 Å². The van der Waals surface area contributed by atoms with Gasteiger partial charge < -0.3 is 15.3 Å². The number of carbonyl (C=O) groups excluding carboxylic acids is 1. The lowest BCUT2D eigenvalue weighted by molar-refractivity contribution is -0.144. The Kier molecular flexibility index (Phi) is 3.49. The topological polar surface area (TPSA) is 69.6 Å². The molecule has 1 unspecified atom stereocenters. The lowest BCUT2D eigenvalue weighted by atomic mass is 9.83. The van der Waals surface area contributed by atoms with Gasteiger partial charge in [-0.25, -0.2) is 9.59 Å². The van der Waals surface area contributed by atoms with Crippen molar-refractivity contribution in [1.82, 2.24) is 10.2 Å². The Morgan fingerprint density at radius 3 is 2.21 bits per heavy atom. The molecule has 0 radical (unpaired) electrons. The number of nitrogens with zero attached hydrogens (tertiary/aromatic N) is 1. The highest BCUT2D eigenvalue weighted by Gasteiger charge is 2.49. The van der Waals surface area contributed by atoms with Gasteiger partial charge in [-0.2, -0.15) is 0 Å². The lowest BCUT2D eigenvalue weighted by Gasteiger charge is -2.38. The van der Waals surface area contributed by atoms with E-state index < -0.39 is 11.5 Å². The third-order valence-corrected chi connectivity index (χ3v) is 4.61. The van der Waals surface area contributed by atoms with Gasteiger partial charge >= 0.3 is 12.0 Å². The van der Waals surface area contributed by atoms with Gasteiger partial charge in [0.25, 0.3) is 0 Å². The molecule has 2 fully saturated rings. The molecule has 0 bridgehead atoms. The van der Waals surface area contributed by atoms with Crippen LogP contribution in [0, 0.1) is 11.3 Å². The van der Waals surface area contributed by atoms with Gasteiger partial charge in [-0.05, 0) is 43.9 Å². The Labute approximate surface area is 114 Å². The summed E-state index contributed by atoms with van der Waals surface area (Å²) in [5.74, 6) is -0.851. The van der Waals surface area contributed by atoms with Crippen LogP contribution in [-0.4, -0.2) is 40.6 Å². The van der Waals surface area contributed by atoms with Crippen molar-refractivity contribution in [2.24, 2.45) is 11.3 Å². The molecular formula is C14H24N2O3. The Bertz CT molecular complexity index is 380. The van der Waals surface area contributed by atoms with Gasteiger partial charge in [0.15, 0.2) is 0 Å². The molecular weight excluding hydrogens is 244 g/mol. The number of carboxylic acid groups (broad SMARTS) is 1. The van der Waals surface area contributed by atoms with Crippen molar-refractivity contribution < 1.29 is 14.7 Å². The van der Waals surface area contributed by atoms with Crippen LogP contribution in [-0.2, 0) is 4.79 Å². The normalized spacial score (nSPS) is 25.5. The van der Waals surface area contributed by atoms with E-state index in [1.54, 1.807) is 11.8 Å². The summed E-state index contributed by atoms with van der Waals surface area (Å²) < 4.78 is 0. The van der Waals surface area contributed by atoms with Crippen molar-refractivity contribution in [2.75, 3.05) is 13.1 Å². The van der Waals surface area contributed by atoms with Crippen molar-refractivity contribution in [2.45, 2.75) is 52.0 Å². The van der Waals surface area contributed by atoms with Gasteiger partial charge in [-0.1, -0.05) is 13.8 Å². The number of urea groups is 1. The van der Waals surface area contributed by atoms with Crippen molar-refractivity contribution in [3.05, 3.63) is 0 Å². The van der Waals surface area contributed by atoms with E-state index in [1.807, 2.05) is 0 Å². The molecule has 1 aliphatic heterocycles. The summed E-state index contributed by atoms with van der Waals surface area (Å²) in [6, 6.07) is -0.229. The highest BCUT2D eigenvalue weighted by molar-refractivity contribution is 5.86. The molecule has 2 aliphatic rings. The van der Waals surface area contributed by atoms with E-state index in [0.717, 1.165) is 25.7 Å². The predicted octanol–water partition coefficient (Wildman–Crippen LogP) is 2.07. The van der Waals surface area contributed by atoms with E-state index in [0.29, 0.717) is 13.1 Å². The summed E-state index contributed by atoms with van der Waals surface area (Å²) in [4.78, 5) is 25.3. The Morgan fingerprint density at radius 1 is 1.26 bits per heavy atom. The number of amides is 2. The number of rotatable bonds is 3. The Morgan fingerprint density at radius 2 is 1.79 bits per heavy atom. The van der Waals surface area contributed by atoms with Crippen LogP contribution in [0.2, 0.25) is 0 Å². The molecule has 5 heteroatoms. The maximum atomic E-state index is 12.2. The lowest BCUT2D eigenvalue weighted by Crippen LogP contribution is -2.58. The maximum Gasteiger partial charge on any atom is 0.329 e. The Hall–Kier alpha value is -1.26. The van der Waals surface area contributed by atoms with Crippen LogP contribution >= 0.6 is 0 Å². The largest absolute Gasteiger partial charge is 0.480 e. The Balaban J connectivity index is 1.95. The third-order valence-electron chi connectivity index (χ3n) is 4.61. The summed E-state index contributed by atoms with van der Waals surface area (Å²) in [5.41, 5.74) is -0.826. The average Bonchev–Trinajstić information content (AvgIpc) is 3.12. The number of hydrogen-bond donors (Lipinski definition) is 2. The second-order valence-electron chi connectivity index (χ2n) is 6.86. The average molecular weight is 268 g/mol. The van der Waals surface area contributed by atoms with Gasteiger partial charge in [0, 0.05) is 13.1 Å². The summed E-state index contributed by atoms with van der Waals surface area (Å²) in [7, 11) is 0. The molecule has 2 amide bonds. The number of nitrogens with one attached hydrogen (secondary N) is 1. The highest BCUT2D eigenvalue weighted by Crippen LogP contribution is 2.40. The van der Waals surface area contributed by atoms with Crippen molar-refractivity contribution >= 4 is 12.0 Å². The maximum absolute atomic E-state index is 12.2. The highest BCUT2D eigenvalue weighted by atomic mass is 16.4. The zero-order valence-electron chi connectivity index (χ0n) is 12.0. The van der Waals surface area contributed by atoms with E-state index in [-0.39, 0.29) is 17.4 Å². The van der Waals surface area contributed by atoms with E-state index >= 15 is 0 Å². The fourth-order valence-corrected chi connectivity index (χ4v) is 2.61. The third kappa shape index (κ3) is 3.01. The zero-order valence-corrected chi connectivity index (χ0v) is 12.0. The smallest absolute Gasteiger partial charge is 0.329 e. The van der Waals surface area contributed by atoms with Crippen molar-refractivity contribution in [3.63, 3.8) is 0 Å². The first kappa shape index (κ1) is 14.2. The van der Waals surface area contributed by atoms with Gasteiger partial charge in [-0.3, -0.25) is 0 Å². The predicted molar refractivity (Wildman–Crippen MR) is 71.9 cm³/mol. The fraction of sp³-hybridized carbons (Fsp3) is 0.857. The SMILES string of the molecule is CC1(C)CCN(C(=O)NC(C)(C(=O)O)C2CC2)CC1. The number of aliphatic carboxylic acids is 1. The molecule has 2 N–H and O–H groups in total. The molecule has 5 nitrogen and oxygen atoms in total. The monoisotopic (exact) mass is 268 g/mol. The van der Waals surface area contributed by atoms with Gasteiger partial charge in [0.05, 0.1) is 0 Å². The minimum atomic E-state index is -1.11. The van der Waals surface area contributed by atoms with Crippen LogP contribution in [0.3, 0.4) is 0 Å². The summed E-state index contributed by atoms with van der Waals surface area (Å²) in [6.07, 6.45) is 3.70. The standard InChI is InChI=1S/C14H24N2O3/c1-13(2)6-8-16(9-7-13)12(19)15-14(3,11(17)18)10-4-5-10/h10H,4-9H2,1-3H3,(H,15,19)(H,17,18). The van der Waals surface area contributed by atoms with Crippen molar-refractivity contribution in [3.8, 4) is 0 Å². The van der Waals surface area contributed by atoms with Crippen LogP contribution in [0.25, 0.3) is 0 Å². The van der Waals surface area contributed by atoms with Crippen LogP contribution in [0.4, 0.5) is 4.79 Å². The number of carbonyl (C=O) groups is 2. The quantitative estimate of drug-likeness (QED) is 0.823. The molecule has 1 heterocycles. The van der Waals surface area contributed by atoms with Crippen LogP contribution < -0.4 is 5.32 Å². The van der Waals surface area contributed by atoms with Crippen LogP contribution in [0.1, 0.15) is 46.5 Å². The molecule has 0 aromatic heterocycles. The molecule has 108 valence electrons. The van der Waals surface area contributed by atoms with E-state index in [1.165, 1.54) is 0 Å². The fourth-order valence-electron chi connectivity index (χ4n) is 2.61. The minimum Gasteiger partial charge on any atom is -0.480 e. The number of carboxylic acids is 1. The molecule has 0 aromatic carbocycles. The van der Waals surface area contributed by atoms with Gasteiger partial charge in [-0.15, -0.1) is 0 Å². The molecule has 1 atom stereocenters. The summed E-state index contributed by atoms with van der Waals surface area (Å²) in [6.45, 7) is 7.44. The number of piperidine rings is 1. The second kappa shape index (κ2) is 4.69. The molecule has 2 rings (SSSR count).